The molecule has 0 saturated carbocycles. The third-order valence-corrected chi connectivity index (χ3v) is 3.50. The zero-order chi connectivity index (χ0) is 14.4. The highest BCUT2D eigenvalue weighted by Crippen LogP contribution is 2.31. The molecule has 2 N–H and O–H groups in total. The Morgan fingerprint density at radius 2 is 1.60 bits per heavy atom. The zero-order valence-electron chi connectivity index (χ0n) is 11.3. The van der Waals surface area contributed by atoms with Crippen molar-refractivity contribution >= 4 is 23.2 Å². The number of carbonyl (C=O) groups is 2. The number of carbonyl (C=O) groups excluding carboxylic acids is 2. The van der Waals surface area contributed by atoms with Crippen LogP contribution in [-0.4, -0.2) is 11.8 Å². The molecule has 0 aromatic heterocycles. The van der Waals surface area contributed by atoms with E-state index in [4.69, 9.17) is 5.73 Å². The number of hydrogen-bond donors (Lipinski definition) is 1. The van der Waals surface area contributed by atoms with E-state index in [1.165, 1.54) is 4.90 Å². The van der Waals surface area contributed by atoms with E-state index in [2.05, 4.69) is 0 Å². The quantitative estimate of drug-likeness (QED) is 0.637. The van der Waals surface area contributed by atoms with Crippen LogP contribution >= 0.6 is 0 Å². The highest BCUT2D eigenvalue weighted by molar-refractivity contribution is 6.34. The molecule has 1 aliphatic heterocycles. The molecule has 100 valence electrons. The maximum absolute atomic E-state index is 12.5. The fourth-order valence-electron chi connectivity index (χ4n) is 2.50. The van der Waals surface area contributed by atoms with Crippen LogP contribution in [-0.2, 0) is 0 Å². The lowest BCUT2D eigenvalue weighted by molar-refractivity contribution is 0.0926. The Labute approximate surface area is 116 Å². The van der Waals surface area contributed by atoms with Crippen molar-refractivity contribution in [3.63, 3.8) is 0 Å². The van der Waals surface area contributed by atoms with Crippen LogP contribution in [0.2, 0.25) is 0 Å². The van der Waals surface area contributed by atoms with Crippen LogP contribution in [0.4, 0.5) is 11.4 Å². The van der Waals surface area contributed by atoms with Gasteiger partial charge in [-0.3, -0.25) is 9.59 Å². The molecule has 1 heterocycles. The third kappa shape index (κ3) is 1.69. The molecular formula is C16H14N2O2. The predicted octanol–water partition coefficient (Wildman–Crippen LogP) is 2.69. The first kappa shape index (κ1) is 12.4. The number of fused-ring (bicyclic) bond motifs is 1. The summed E-state index contributed by atoms with van der Waals surface area (Å²) in [6, 6.07) is 10.4. The van der Waals surface area contributed by atoms with E-state index in [1.54, 1.807) is 30.3 Å². The standard InChI is InChI=1S/C16H14N2O2/c1-9-3-5-12-13(7-9)16(20)18(15(12)19)14-6-4-11(17)8-10(14)2/h3-8H,17H2,1-2H3. The minimum atomic E-state index is -0.280. The predicted molar refractivity (Wildman–Crippen MR) is 77.9 cm³/mol. The highest BCUT2D eigenvalue weighted by atomic mass is 16.2. The van der Waals surface area contributed by atoms with Crippen molar-refractivity contribution in [3.05, 3.63) is 58.7 Å². The van der Waals surface area contributed by atoms with Crippen LogP contribution in [0.25, 0.3) is 0 Å². The van der Waals surface area contributed by atoms with Gasteiger partial charge < -0.3 is 5.73 Å². The Balaban J connectivity index is 2.14. The number of nitrogens with zero attached hydrogens (tertiary/aromatic N) is 1. The maximum Gasteiger partial charge on any atom is 0.266 e. The van der Waals surface area contributed by atoms with E-state index in [9.17, 15) is 9.59 Å². The van der Waals surface area contributed by atoms with Crippen LogP contribution in [0.15, 0.2) is 36.4 Å². The second-order valence-corrected chi connectivity index (χ2v) is 5.04. The van der Waals surface area contributed by atoms with Crippen molar-refractivity contribution in [1.82, 2.24) is 0 Å². The summed E-state index contributed by atoms with van der Waals surface area (Å²) in [5, 5.41) is 0. The Morgan fingerprint density at radius 3 is 2.30 bits per heavy atom. The van der Waals surface area contributed by atoms with Crippen molar-refractivity contribution in [1.29, 1.82) is 0 Å². The summed E-state index contributed by atoms with van der Waals surface area (Å²) in [4.78, 5) is 26.1. The van der Waals surface area contributed by atoms with Gasteiger partial charge >= 0.3 is 0 Å². The van der Waals surface area contributed by atoms with E-state index in [-0.39, 0.29) is 11.8 Å². The van der Waals surface area contributed by atoms with Crippen molar-refractivity contribution in [3.8, 4) is 0 Å². The lowest BCUT2D eigenvalue weighted by atomic mass is 10.1. The molecule has 2 amide bonds. The Morgan fingerprint density at radius 1 is 0.900 bits per heavy atom. The average Bonchev–Trinajstić information content (AvgIpc) is 2.63. The van der Waals surface area contributed by atoms with Crippen molar-refractivity contribution < 1.29 is 9.59 Å². The molecule has 0 bridgehead atoms. The van der Waals surface area contributed by atoms with Crippen LogP contribution in [0.5, 0.6) is 0 Å². The van der Waals surface area contributed by atoms with Gasteiger partial charge in [0, 0.05) is 5.69 Å². The Hall–Kier alpha value is -2.62. The van der Waals surface area contributed by atoms with E-state index in [0.29, 0.717) is 22.5 Å². The molecule has 0 saturated heterocycles. The Kier molecular flexibility index (Phi) is 2.61. The van der Waals surface area contributed by atoms with E-state index in [0.717, 1.165) is 11.1 Å². The van der Waals surface area contributed by atoms with E-state index < -0.39 is 0 Å². The molecule has 0 fully saturated rings. The van der Waals surface area contributed by atoms with Gasteiger partial charge in [0.05, 0.1) is 16.8 Å². The van der Waals surface area contributed by atoms with Crippen LogP contribution in [0.1, 0.15) is 31.8 Å². The number of hydrogen-bond acceptors (Lipinski definition) is 3. The zero-order valence-corrected chi connectivity index (χ0v) is 11.3. The van der Waals surface area contributed by atoms with Crippen molar-refractivity contribution in [2.24, 2.45) is 0 Å². The molecule has 2 aromatic carbocycles. The minimum absolute atomic E-state index is 0.276. The average molecular weight is 266 g/mol. The van der Waals surface area contributed by atoms with E-state index in [1.807, 2.05) is 19.9 Å². The smallest absolute Gasteiger partial charge is 0.266 e. The molecule has 0 unspecified atom stereocenters. The van der Waals surface area contributed by atoms with Gasteiger partial charge in [0.2, 0.25) is 0 Å². The number of benzene rings is 2. The van der Waals surface area contributed by atoms with Gasteiger partial charge in [0.15, 0.2) is 0 Å². The molecule has 0 radical (unpaired) electrons. The molecule has 0 atom stereocenters. The number of nitrogens with two attached hydrogens (primary N) is 1. The molecule has 3 rings (SSSR count). The second kappa shape index (κ2) is 4.20. The van der Waals surface area contributed by atoms with Gasteiger partial charge in [0.25, 0.3) is 11.8 Å². The molecule has 4 heteroatoms. The van der Waals surface area contributed by atoms with Crippen molar-refractivity contribution in [2.45, 2.75) is 13.8 Å². The number of anilines is 2. The molecule has 0 aliphatic carbocycles. The number of aryl methyl sites for hydroxylation is 2. The summed E-state index contributed by atoms with van der Waals surface area (Å²) in [5.41, 5.74) is 9.59. The molecular weight excluding hydrogens is 252 g/mol. The van der Waals surface area contributed by atoms with Gasteiger partial charge in [-0.15, -0.1) is 0 Å². The fraction of sp³-hybridized carbons (Fsp3) is 0.125. The van der Waals surface area contributed by atoms with Gasteiger partial charge in [0.1, 0.15) is 0 Å². The fourth-order valence-corrected chi connectivity index (χ4v) is 2.50. The SMILES string of the molecule is Cc1ccc2c(c1)C(=O)N(c1ccc(N)cc1C)C2=O. The number of imide groups is 1. The van der Waals surface area contributed by atoms with Gasteiger partial charge in [-0.05, 0) is 49.7 Å². The number of nitrogen functional groups attached to an aromatic ring is 1. The monoisotopic (exact) mass is 266 g/mol. The Bertz CT molecular complexity index is 750. The molecule has 20 heavy (non-hydrogen) atoms. The van der Waals surface area contributed by atoms with Gasteiger partial charge in [-0.25, -0.2) is 4.90 Å². The highest BCUT2D eigenvalue weighted by Gasteiger charge is 2.37. The normalized spacial score (nSPS) is 13.8. The summed E-state index contributed by atoms with van der Waals surface area (Å²) in [5.74, 6) is -0.556. The first-order valence-corrected chi connectivity index (χ1v) is 6.34. The summed E-state index contributed by atoms with van der Waals surface area (Å²) >= 11 is 0. The van der Waals surface area contributed by atoms with Crippen LogP contribution < -0.4 is 10.6 Å². The van der Waals surface area contributed by atoms with Gasteiger partial charge in [-0.2, -0.15) is 0 Å². The van der Waals surface area contributed by atoms with Crippen LogP contribution in [0.3, 0.4) is 0 Å². The molecule has 1 aliphatic rings. The first-order valence-electron chi connectivity index (χ1n) is 6.34. The summed E-state index contributed by atoms with van der Waals surface area (Å²) in [7, 11) is 0. The topological polar surface area (TPSA) is 63.4 Å². The number of rotatable bonds is 1. The largest absolute Gasteiger partial charge is 0.399 e. The van der Waals surface area contributed by atoms with Crippen molar-refractivity contribution in [2.75, 3.05) is 10.6 Å². The molecule has 0 spiro atoms. The maximum atomic E-state index is 12.5. The lowest BCUT2D eigenvalue weighted by Crippen LogP contribution is -2.30. The second-order valence-electron chi connectivity index (χ2n) is 5.04. The summed E-state index contributed by atoms with van der Waals surface area (Å²) in [6.07, 6.45) is 0. The molecule has 4 nitrogen and oxygen atoms in total. The van der Waals surface area contributed by atoms with Gasteiger partial charge in [-0.1, -0.05) is 11.6 Å². The third-order valence-electron chi connectivity index (χ3n) is 3.50. The summed E-state index contributed by atoms with van der Waals surface area (Å²) < 4.78 is 0. The summed E-state index contributed by atoms with van der Waals surface area (Å²) in [6.45, 7) is 3.73. The van der Waals surface area contributed by atoms with E-state index >= 15 is 0 Å². The number of amides is 2. The minimum Gasteiger partial charge on any atom is -0.399 e. The molecule has 2 aromatic rings. The first-order chi connectivity index (χ1) is 9.49. The van der Waals surface area contributed by atoms with Crippen LogP contribution in [0, 0.1) is 13.8 Å². The lowest BCUT2D eigenvalue weighted by Gasteiger charge is -2.16.